The van der Waals surface area contributed by atoms with Crippen molar-refractivity contribution >= 4 is 37.6 Å². The number of allylic oxidation sites excluding steroid dienone is 1. The van der Waals surface area contributed by atoms with Gasteiger partial charge in [-0.05, 0) is 18.8 Å². The Hall–Kier alpha value is -0.620. The molecule has 4 nitrogen and oxygen atoms in total. The van der Waals surface area contributed by atoms with E-state index in [2.05, 4.69) is 25.3 Å². The molecule has 0 aliphatic rings. The largest absolute Gasteiger partial charge is 0.480 e. The molecule has 1 amide bonds. The summed E-state index contributed by atoms with van der Waals surface area (Å²) in [6.45, 7) is 1.68. The van der Waals surface area contributed by atoms with E-state index in [0.717, 1.165) is 17.7 Å². The predicted molar refractivity (Wildman–Crippen MR) is 69.7 cm³/mol. The Morgan fingerprint density at radius 3 is 2.50 bits per heavy atom. The molecule has 0 saturated carbocycles. The first-order chi connectivity index (χ1) is 7.45. The number of hydrogen-bond acceptors (Lipinski definition) is 4. The standard InChI is InChI=1S/C10H17NO3S2/c1-8(2-3-10(15)16)4-5-11(7-12)6-9(13)14/h4-5,7-8,10,15-16H,2-3,6H2,1H3,(H,13,14). The van der Waals surface area contributed by atoms with Crippen LogP contribution >= 0.6 is 25.3 Å². The van der Waals surface area contributed by atoms with Crippen LogP contribution in [0.1, 0.15) is 19.8 Å². The summed E-state index contributed by atoms with van der Waals surface area (Å²) in [4.78, 5) is 22.0. The highest BCUT2D eigenvalue weighted by Crippen LogP contribution is 2.15. The van der Waals surface area contributed by atoms with E-state index in [4.69, 9.17) is 5.11 Å². The monoisotopic (exact) mass is 263 g/mol. The Labute approximate surface area is 107 Å². The molecule has 0 aromatic carbocycles. The third kappa shape index (κ3) is 8.67. The number of nitrogens with zero attached hydrogens (tertiary/aromatic N) is 1. The number of carboxylic acid groups (broad SMARTS) is 1. The van der Waals surface area contributed by atoms with Crippen molar-refractivity contribution in [2.45, 2.75) is 24.3 Å². The first-order valence-corrected chi connectivity index (χ1v) is 5.96. The van der Waals surface area contributed by atoms with Gasteiger partial charge in [-0.2, -0.15) is 25.3 Å². The van der Waals surface area contributed by atoms with Crippen molar-refractivity contribution in [3.05, 3.63) is 12.3 Å². The molecule has 1 unspecified atom stereocenters. The molecule has 0 rings (SSSR count). The topological polar surface area (TPSA) is 57.6 Å². The van der Waals surface area contributed by atoms with Crippen molar-refractivity contribution < 1.29 is 14.7 Å². The Balaban J connectivity index is 4.02. The fraction of sp³-hybridized carbons (Fsp3) is 0.600. The molecular formula is C10H17NO3S2. The highest BCUT2D eigenvalue weighted by molar-refractivity contribution is 7.99. The number of amides is 1. The minimum atomic E-state index is -1.03. The number of rotatable bonds is 8. The van der Waals surface area contributed by atoms with Crippen LogP contribution in [0, 0.1) is 5.92 Å². The van der Waals surface area contributed by atoms with E-state index in [9.17, 15) is 9.59 Å². The van der Waals surface area contributed by atoms with Gasteiger partial charge in [0.25, 0.3) is 0 Å². The molecule has 1 atom stereocenters. The van der Waals surface area contributed by atoms with Crippen LogP contribution in [0.4, 0.5) is 0 Å². The lowest BCUT2D eigenvalue weighted by Gasteiger charge is -2.11. The van der Waals surface area contributed by atoms with Gasteiger partial charge in [-0.3, -0.25) is 9.59 Å². The van der Waals surface area contributed by atoms with Gasteiger partial charge in [0.2, 0.25) is 6.41 Å². The summed E-state index contributed by atoms with van der Waals surface area (Å²) < 4.78 is 0.0528. The maximum Gasteiger partial charge on any atom is 0.323 e. The average molecular weight is 263 g/mol. The van der Waals surface area contributed by atoms with Crippen LogP contribution in [-0.4, -0.2) is 33.5 Å². The van der Waals surface area contributed by atoms with Crippen LogP contribution < -0.4 is 0 Å². The summed E-state index contributed by atoms with van der Waals surface area (Å²) in [5.74, 6) is -0.770. The lowest BCUT2D eigenvalue weighted by molar-refractivity contribution is -0.139. The van der Waals surface area contributed by atoms with Crippen molar-refractivity contribution in [3.8, 4) is 0 Å². The van der Waals surface area contributed by atoms with Crippen LogP contribution in [0.2, 0.25) is 0 Å². The van der Waals surface area contributed by atoms with E-state index < -0.39 is 5.97 Å². The first kappa shape index (κ1) is 15.4. The maximum absolute atomic E-state index is 10.5. The molecule has 1 N–H and O–H groups in total. The third-order valence-electron chi connectivity index (χ3n) is 1.94. The van der Waals surface area contributed by atoms with E-state index in [1.54, 1.807) is 6.08 Å². The molecule has 16 heavy (non-hydrogen) atoms. The summed E-state index contributed by atoms with van der Waals surface area (Å²) in [7, 11) is 0. The van der Waals surface area contributed by atoms with Crippen LogP contribution in [0.25, 0.3) is 0 Å². The second-order valence-electron chi connectivity index (χ2n) is 3.55. The van der Waals surface area contributed by atoms with Crippen LogP contribution in [0.5, 0.6) is 0 Å². The number of thiol groups is 2. The Morgan fingerprint density at radius 1 is 1.44 bits per heavy atom. The van der Waals surface area contributed by atoms with E-state index in [-0.39, 0.29) is 17.0 Å². The fourth-order valence-corrected chi connectivity index (χ4v) is 1.35. The Morgan fingerprint density at radius 2 is 2.06 bits per heavy atom. The molecule has 0 aliphatic heterocycles. The van der Waals surface area contributed by atoms with Gasteiger partial charge in [0.1, 0.15) is 6.54 Å². The summed E-state index contributed by atoms with van der Waals surface area (Å²) in [5.41, 5.74) is 0. The van der Waals surface area contributed by atoms with Crippen molar-refractivity contribution in [1.29, 1.82) is 0 Å². The highest BCUT2D eigenvalue weighted by Gasteiger charge is 2.05. The number of hydrogen-bond donors (Lipinski definition) is 3. The second-order valence-corrected chi connectivity index (χ2v) is 5.20. The summed E-state index contributed by atoms with van der Waals surface area (Å²) in [5, 5.41) is 8.50. The molecule has 0 aromatic rings. The smallest absolute Gasteiger partial charge is 0.323 e. The van der Waals surface area contributed by atoms with Gasteiger partial charge in [0.05, 0.1) is 0 Å². The number of aliphatic carboxylic acids is 1. The maximum atomic E-state index is 10.5. The van der Waals surface area contributed by atoms with E-state index in [1.165, 1.54) is 6.20 Å². The molecule has 0 radical (unpaired) electrons. The molecule has 0 heterocycles. The third-order valence-corrected chi connectivity index (χ3v) is 2.46. The minimum absolute atomic E-state index is 0.0528. The lowest BCUT2D eigenvalue weighted by atomic mass is 10.1. The molecule has 0 saturated heterocycles. The van der Waals surface area contributed by atoms with Gasteiger partial charge in [-0.25, -0.2) is 0 Å². The molecule has 6 heteroatoms. The van der Waals surface area contributed by atoms with Gasteiger partial charge in [0, 0.05) is 10.8 Å². The summed E-state index contributed by atoms with van der Waals surface area (Å²) in [6.07, 6.45) is 5.56. The van der Waals surface area contributed by atoms with Gasteiger partial charge < -0.3 is 10.0 Å². The van der Waals surface area contributed by atoms with Crippen molar-refractivity contribution in [1.82, 2.24) is 4.90 Å². The number of carboxylic acids is 1. The molecule has 0 fully saturated rings. The van der Waals surface area contributed by atoms with Crippen molar-refractivity contribution in [3.63, 3.8) is 0 Å². The molecule has 0 aliphatic carbocycles. The lowest BCUT2D eigenvalue weighted by Crippen LogP contribution is -2.23. The minimum Gasteiger partial charge on any atom is -0.480 e. The number of carbonyl (C=O) groups is 2. The van der Waals surface area contributed by atoms with E-state index >= 15 is 0 Å². The van der Waals surface area contributed by atoms with Gasteiger partial charge >= 0.3 is 5.97 Å². The van der Waals surface area contributed by atoms with Gasteiger partial charge in [0.15, 0.2) is 0 Å². The SMILES string of the molecule is CC(C=CN(C=O)CC(=O)O)CCC(S)S. The Kier molecular flexibility index (Phi) is 8.19. The second kappa shape index (κ2) is 8.52. The van der Waals surface area contributed by atoms with Crippen molar-refractivity contribution in [2.24, 2.45) is 5.92 Å². The van der Waals surface area contributed by atoms with Crippen LogP contribution in [0.3, 0.4) is 0 Å². The zero-order valence-corrected chi connectivity index (χ0v) is 10.9. The van der Waals surface area contributed by atoms with E-state index in [1.807, 2.05) is 6.92 Å². The van der Waals surface area contributed by atoms with Gasteiger partial charge in [-0.15, -0.1) is 0 Å². The normalized spacial score (nSPS) is 13.0. The van der Waals surface area contributed by atoms with Crippen molar-refractivity contribution in [2.75, 3.05) is 6.54 Å². The average Bonchev–Trinajstić information content (AvgIpc) is 2.20. The van der Waals surface area contributed by atoms with E-state index in [0.29, 0.717) is 6.41 Å². The molecule has 0 spiro atoms. The zero-order chi connectivity index (χ0) is 12.6. The first-order valence-electron chi connectivity index (χ1n) is 4.93. The summed E-state index contributed by atoms with van der Waals surface area (Å²) in [6, 6.07) is 0. The predicted octanol–water partition coefficient (Wildman–Crippen LogP) is 1.65. The quantitative estimate of drug-likeness (QED) is 0.354. The fourth-order valence-electron chi connectivity index (χ4n) is 1.05. The molecular weight excluding hydrogens is 246 g/mol. The summed E-state index contributed by atoms with van der Waals surface area (Å²) >= 11 is 8.28. The highest BCUT2D eigenvalue weighted by atomic mass is 32.2. The number of carbonyl (C=O) groups excluding carboxylic acids is 1. The van der Waals surface area contributed by atoms with Gasteiger partial charge in [-0.1, -0.05) is 13.0 Å². The Bertz CT molecular complexity index is 256. The molecule has 0 aromatic heterocycles. The zero-order valence-electron chi connectivity index (χ0n) is 9.11. The molecule has 0 bridgehead atoms. The van der Waals surface area contributed by atoms with Crippen LogP contribution in [0.15, 0.2) is 12.3 Å². The van der Waals surface area contributed by atoms with Crippen LogP contribution in [-0.2, 0) is 9.59 Å². The molecule has 92 valence electrons.